The van der Waals surface area contributed by atoms with Gasteiger partial charge in [0.05, 0.1) is 0 Å². The van der Waals surface area contributed by atoms with Crippen LogP contribution in [0.2, 0.25) is 0 Å². The summed E-state index contributed by atoms with van der Waals surface area (Å²) in [5.41, 5.74) is 3.82. The molecule has 1 aliphatic rings. The fraction of sp³-hybridized carbons (Fsp3) is 0.241. The maximum atomic E-state index is 14.7. The van der Waals surface area contributed by atoms with E-state index in [2.05, 4.69) is 42.5 Å². The Morgan fingerprint density at radius 2 is 1.74 bits per heavy atom. The molecule has 10 heteroatoms. The van der Waals surface area contributed by atoms with Gasteiger partial charge in [-0.05, 0) is 62.7 Å². The molecule has 1 saturated heterocycles. The van der Waals surface area contributed by atoms with Crippen molar-refractivity contribution in [3.8, 4) is 39.9 Å². The average Bonchev–Trinajstić information content (AvgIpc) is 3.62. The minimum absolute atomic E-state index is 0.178. The molecule has 4 heterocycles. The van der Waals surface area contributed by atoms with Crippen molar-refractivity contribution < 1.29 is 13.7 Å². The second-order valence-corrected chi connectivity index (χ2v) is 9.67. The van der Waals surface area contributed by atoms with E-state index in [0.717, 1.165) is 43.6 Å². The lowest BCUT2D eigenvalue weighted by Gasteiger charge is -2.30. The molecule has 0 aliphatic carbocycles. The lowest BCUT2D eigenvalue weighted by molar-refractivity contribution is -0.122. The van der Waals surface area contributed by atoms with Gasteiger partial charge >= 0.3 is 0 Å². The molecule has 3 aromatic heterocycles. The van der Waals surface area contributed by atoms with E-state index in [4.69, 9.17) is 4.52 Å². The predicted octanol–water partition coefficient (Wildman–Crippen LogP) is 4.99. The van der Waals surface area contributed by atoms with E-state index in [-0.39, 0.29) is 17.5 Å². The SMILES string of the molecule is CC(=O)C1CCN(Cc2ccc(-c3noc(-c4nnn(-c5ccccc5F)c4-c4ccncc4)n3)cc2)CC1. The smallest absolute Gasteiger partial charge is 0.281 e. The number of likely N-dealkylation sites (tertiary alicyclic amines) is 1. The standard InChI is InChI=1S/C29H26FN7O2/c1-19(38)21-12-16-36(17-13-21)18-20-6-8-23(9-7-20)28-32-29(39-34-28)26-27(22-10-14-31-15-11-22)37(35-33-26)25-5-3-2-4-24(25)30/h2-11,14-15,21H,12-13,16-18H2,1H3. The van der Waals surface area contributed by atoms with Gasteiger partial charge in [0.25, 0.3) is 5.89 Å². The highest BCUT2D eigenvalue weighted by Gasteiger charge is 2.25. The van der Waals surface area contributed by atoms with Gasteiger partial charge in [-0.15, -0.1) is 5.10 Å². The molecule has 0 bridgehead atoms. The van der Waals surface area contributed by atoms with Gasteiger partial charge < -0.3 is 4.52 Å². The summed E-state index contributed by atoms with van der Waals surface area (Å²) in [6, 6.07) is 18.0. The zero-order chi connectivity index (χ0) is 26.8. The summed E-state index contributed by atoms with van der Waals surface area (Å²) in [5.74, 6) is 0.653. The van der Waals surface area contributed by atoms with E-state index in [0.29, 0.717) is 23.0 Å². The first-order chi connectivity index (χ1) is 19.1. The zero-order valence-electron chi connectivity index (χ0n) is 21.4. The molecule has 2 aromatic carbocycles. The van der Waals surface area contributed by atoms with Crippen LogP contribution in [-0.4, -0.2) is 53.9 Å². The molecule has 39 heavy (non-hydrogen) atoms. The lowest BCUT2D eigenvalue weighted by Crippen LogP contribution is -2.35. The second kappa shape index (κ2) is 10.7. The van der Waals surface area contributed by atoms with Crippen molar-refractivity contribution >= 4 is 5.78 Å². The number of nitrogens with zero attached hydrogens (tertiary/aromatic N) is 7. The largest absolute Gasteiger partial charge is 0.332 e. The topological polar surface area (TPSA) is 103 Å². The summed E-state index contributed by atoms with van der Waals surface area (Å²) < 4.78 is 21.7. The van der Waals surface area contributed by atoms with E-state index in [9.17, 15) is 9.18 Å². The average molecular weight is 524 g/mol. The van der Waals surface area contributed by atoms with Crippen molar-refractivity contribution in [2.45, 2.75) is 26.3 Å². The van der Waals surface area contributed by atoms with E-state index in [1.807, 2.05) is 12.1 Å². The Labute approximate surface area is 224 Å². The summed E-state index contributed by atoms with van der Waals surface area (Å²) in [7, 11) is 0. The number of Topliss-reactive ketones (excluding diaryl/α,β-unsaturated/α-hetero) is 1. The Morgan fingerprint density at radius 3 is 2.46 bits per heavy atom. The Bertz CT molecular complexity index is 1590. The molecule has 0 unspecified atom stereocenters. The Kier molecular flexibility index (Phi) is 6.76. The van der Waals surface area contributed by atoms with Crippen LogP contribution >= 0.6 is 0 Å². The van der Waals surface area contributed by atoms with Gasteiger partial charge in [0.15, 0.2) is 5.69 Å². The molecule has 1 fully saturated rings. The zero-order valence-corrected chi connectivity index (χ0v) is 21.4. The minimum atomic E-state index is -0.432. The molecule has 5 aromatic rings. The number of carbonyl (C=O) groups is 1. The maximum absolute atomic E-state index is 14.7. The third kappa shape index (κ3) is 5.10. The first-order valence-electron chi connectivity index (χ1n) is 12.8. The van der Waals surface area contributed by atoms with Crippen LogP contribution in [0.4, 0.5) is 4.39 Å². The van der Waals surface area contributed by atoms with Crippen LogP contribution < -0.4 is 0 Å². The number of pyridine rings is 1. The summed E-state index contributed by atoms with van der Waals surface area (Å²) in [6.45, 7) is 4.37. The molecule has 6 rings (SSSR count). The number of hydrogen-bond donors (Lipinski definition) is 0. The van der Waals surface area contributed by atoms with Gasteiger partial charge in [0.2, 0.25) is 5.82 Å². The van der Waals surface area contributed by atoms with Crippen LogP contribution in [0.25, 0.3) is 39.9 Å². The minimum Gasteiger partial charge on any atom is -0.332 e. The molecule has 1 aliphatic heterocycles. The van der Waals surface area contributed by atoms with E-state index < -0.39 is 5.82 Å². The second-order valence-electron chi connectivity index (χ2n) is 9.67. The fourth-order valence-corrected chi connectivity index (χ4v) is 4.94. The van der Waals surface area contributed by atoms with Crippen molar-refractivity contribution in [1.29, 1.82) is 0 Å². The summed E-state index contributed by atoms with van der Waals surface area (Å²) in [4.78, 5) is 22.7. The monoisotopic (exact) mass is 523 g/mol. The molecule has 0 amide bonds. The molecule has 0 radical (unpaired) electrons. The van der Waals surface area contributed by atoms with Gasteiger partial charge in [-0.3, -0.25) is 14.7 Å². The number of rotatable bonds is 7. The molecule has 9 nitrogen and oxygen atoms in total. The number of ketones is 1. The quantitative estimate of drug-likeness (QED) is 0.294. The van der Waals surface area contributed by atoms with E-state index in [1.165, 1.54) is 16.3 Å². The first kappa shape index (κ1) is 24.7. The number of piperidine rings is 1. The van der Waals surface area contributed by atoms with Crippen molar-refractivity contribution in [1.82, 2.24) is 35.0 Å². The highest BCUT2D eigenvalue weighted by Crippen LogP contribution is 2.32. The number of carbonyl (C=O) groups excluding carboxylic acids is 1. The van der Waals surface area contributed by atoms with Gasteiger partial charge in [-0.2, -0.15) is 4.98 Å². The third-order valence-electron chi connectivity index (χ3n) is 7.11. The molecule has 196 valence electrons. The molecule has 0 spiro atoms. The third-order valence-corrected chi connectivity index (χ3v) is 7.11. The Morgan fingerprint density at radius 1 is 1.00 bits per heavy atom. The van der Waals surface area contributed by atoms with Gasteiger partial charge in [-0.1, -0.05) is 46.8 Å². The van der Waals surface area contributed by atoms with Gasteiger partial charge in [0, 0.05) is 36.0 Å². The van der Waals surface area contributed by atoms with Crippen LogP contribution in [0.5, 0.6) is 0 Å². The number of benzene rings is 2. The normalized spacial score (nSPS) is 14.5. The van der Waals surface area contributed by atoms with Crippen molar-refractivity contribution in [3.63, 3.8) is 0 Å². The summed E-state index contributed by atoms with van der Waals surface area (Å²) >= 11 is 0. The maximum Gasteiger partial charge on any atom is 0.281 e. The molecule has 0 N–H and O–H groups in total. The summed E-state index contributed by atoms with van der Waals surface area (Å²) in [5, 5.41) is 12.7. The molecular weight excluding hydrogens is 497 g/mol. The highest BCUT2D eigenvalue weighted by molar-refractivity contribution is 5.78. The molecule has 0 saturated carbocycles. The number of hydrogen-bond acceptors (Lipinski definition) is 8. The van der Waals surface area contributed by atoms with Crippen molar-refractivity contribution in [2.75, 3.05) is 13.1 Å². The van der Waals surface area contributed by atoms with E-state index >= 15 is 0 Å². The number of para-hydroxylation sites is 1. The van der Waals surface area contributed by atoms with Crippen molar-refractivity contribution in [2.24, 2.45) is 5.92 Å². The van der Waals surface area contributed by atoms with E-state index in [1.54, 1.807) is 49.6 Å². The fourth-order valence-electron chi connectivity index (χ4n) is 4.94. The highest BCUT2D eigenvalue weighted by atomic mass is 19.1. The first-order valence-corrected chi connectivity index (χ1v) is 12.8. The molecular formula is C29H26FN7O2. The number of halogens is 1. The molecule has 0 atom stereocenters. The Hall–Kier alpha value is -4.57. The summed E-state index contributed by atoms with van der Waals surface area (Å²) in [6.07, 6.45) is 5.12. The predicted molar refractivity (Wildman–Crippen MR) is 142 cm³/mol. The van der Waals surface area contributed by atoms with Crippen LogP contribution in [0.1, 0.15) is 25.3 Å². The van der Waals surface area contributed by atoms with Crippen LogP contribution in [0.3, 0.4) is 0 Å². The Balaban J connectivity index is 1.25. The van der Waals surface area contributed by atoms with Crippen LogP contribution in [-0.2, 0) is 11.3 Å². The van der Waals surface area contributed by atoms with Gasteiger partial charge in [0.1, 0.15) is 23.0 Å². The van der Waals surface area contributed by atoms with Crippen LogP contribution in [0, 0.1) is 11.7 Å². The lowest BCUT2D eigenvalue weighted by atomic mass is 9.93. The number of aromatic nitrogens is 6. The van der Waals surface area contributed by atoms with Crippen molar-refractivity contribution in [3.05, 3.63) is 84.4 Å². The van der Waals surface area contributed by atoms with Crippen LogP contribution in [0.15, 0.2) is 77.6 Å². The van der Waals surface area contributed by atoms with Gasteiger partial charge in [-0.25, -0.2) is 9.07 Å².